The highest BCUT2D eigenvalue weighted by Gasteiger charge is 2.19. The summed E-state index contributed by atoms with van der Waals surface area (Å²) in [7, 11) is 0. The summed E-state index contributed by atoms with van der Waals surface area (Å²) in [6.45, 7) is 0. The number of hydrogen-bond donors (Lipinski definition) is 0. The molecule has 0 saturated heterocycles. The predicted octanol–water partition coefficient (Wildman–Crippen LogP) is 28.3. The van der Waals surface area contributed by atoms with Gasteiger partial charge < -0.3 is 0 Å². The first-order valence-corrected chi connectivity index (χ1v) is 40.2. The van der Waals surface area contributed by atoms with Gasteiger partial charge in [0.1, 0.15) is 0 Å². The number of hydrogen-bond acceptors (Lipinski definition) is 9. The zero-order valence-corrected chi connectivity index (χ0v) is 65.0. The molecule has 23 aromatic rings. The summed E-state index contributed by atoms with van der Waals surface area (Å²) in [4.78, 5) is 41.3. The number of benzene rings is 17. The van der Waals surface area contributed by atoms with Crippen molar-refractivity contribution in [1.82, 2.24) is 44.9 Å². The van der Waals surface area contributed by atoms with Crippen LogP contribution in [0.3, 0.4) is 0 Å². The SMILES string of the molecule is c1cc(-c2ccc3c4ccccc4c4ccccc4c3c2)cc(-c2nc(-c3ccncc3)nc(-c3ccncc3)n2)c1.c1ccc(-c2cc(-c3cccnc3)cc(-c3cccc(-c4ccc5c6ccccc6c6ccccc6c5c4)c3)c2)nc1.c1ccc(-c2nccc(-c3cccc(-c4ccc5c6ccccc6c6ccccc6c5c4)c3)n2)cc1. The van der Waals surface area contributed by atoms with Gasteiger partial charge in [-0.3, -0.25) is 19.9 Å². The minimum atomic E-state index is 0.601. The number of aromatic nitrogens is 9. The third kappa shape index (κ3) is 13.9. The standard InChI is InChI=1S/C40H26N2.C37H23N5.C34H22N2/c1-2-14-36-34(12-1)35-13-3-4-15-37(35)39-25-29(17-18-38(36)39)27-9-7-10-28(21-27)31-22-32(30-11-8-19-41-26-30)24-33(23-31)40-16-5-6-20-42-40;1-2-10-31-29(8-1)30-9-3-4-11-32(30)34-23-27(12-13-33(31)34)26-6-5-7-28(22-26)37-41-35(24-14-18-38-19-15-24)40-36(42-37)25-16-20-39-21-17-25;1-2-9-23(10-3-1)34-35-20-19-33(36-34)26-12-8-11-24(21-26)25-17-18-31-29-15-5-4-13-27(29)28-14-6-7-16-30(28)32(31)22-25/h1-26H;1-23H;1-22H. The summed E-state index contributed by atoms with van der Waals surface area (Å²) < 4.78 is 0. The molecule has 120 heavy (non-hydrogen) atoms. The van der Waals surface area contributed by atoms with Crippen LogP contribution in [0.2, 0.25) is 0 Å². The third-order valence-corrected chi connectivity index (χ3v) is 22.8. The molecular formula is C111H71N9. The van der Waals surface area contributed by atoms with Gasteiger partial charge in [0.25, 0.3) is 0 Å². The normalized spacial score (nSPS) is 11.3. The minimum Gasteiger partial charge on any atom is -0.265 e. The lowest BCUT2D eigenvalue weighted by atomic mass is 9.91. The van der Waals surface area contributed by atoms with Crippen LogP contribution in [0.15, 0.2) is 432 Å². The fourth-order valence-corrected chi connectivity index (χ4v) is 17.0. The molecule has 0 radical (unpaired) electrons. The quantitative estimate of drug-likeness (QED) is 0.117. The van der Waals surface area contributed by atoms with Gasteiger partial charge in [0.15, 0.2) is 23.3 Å². The number of nitrogens with zero attached hydrogens (tertiary/aromatic N) is 9. The molecule has 0 N–H and O–H groups in total. The maximum absolute atomic E-state index is 4.89. The Balaban J connectivity index is 0.000000112. The highest BCUT2D eigenvalue weighted by Crippen LogP contribution is 2.43. The molecule has 0 aliphatic heterocycles. The van der Waals surface area contributed by atoms with Crippen LogP contribution in [0.25, 0.3) is 221 Å². The molecule has 0 bridgehead atoms. The third-order valence-electron chi connectivity index (χ3n) is 22.8. The van der Waals surface area contributed by atoms with Crippen molar-refractivity contribution in [3.8, 4) is 124 Å². The van der Waals surface area contributed by atoms with E-state index in [0.717, 1.165) is 78.4 Å². The van der Waals surface area contributed by atoms with Crippen molar-refractivity contribution in [3.63, 3.8) is 0 Å². The lowest BCUT2D eigenvalue weighted by Crippen LogP contribution is -2.00. The average molecular weight is 1530 g/mol. The second kappa shape index (κ2) is 31.5. The van der Waals surface area contributed by atoms with Crippen LogP contribution in [0.1, 0.15) is 0 Å². The van der Waals surface area contributed by atoms with Gasteiger partial charge in [-0.2, -0.15) is 0 Å². The van der Waals surface area contributed by atoms with E-state index >= 15 is 0 Å². The Morgan fingerprint density at radius 3 is 0.867 bits per heavy atom. The van der Waals surface area contributed by atoms with Crippen LogP contribution in [0.5, 0.6) is 0 Å². The van der Waals surface area contributed by atoms with Gasteiger partial charge in [0.05, 0.1) is 11.4 Å². The minimum absolute atomic E-state index is 0.601. The van der Waals surface area contributed by atoms with Crippen LogP contribution in [-0.4, -0.2) is 44.9 Å². The molecule has 6 heterocycles. The predicted molar refractivity (Wildman–Crippen MR) is 497 cm³/mol. The summed E-state index contributed by atoms with van der Waals surface area (Å²) in [5.74, 6) is 2.55. The van der Waals surface area contributed by atoms with E-state index in [2.05, 4.69) is 328 Å². The van der Waals surface area contributed by atoms with Crippen LogP contribution in [0.4, 0.5) is 0 Å². The van der Waals surface area contributed by atoms with Crippen molar-refractivity contribution < 1.29 is 0 Å². The summed E-state index contributed by atoms with van der Waals surface area (Å²) in [5, 5.41) is 23.0. The van der Waals surface area contributed by atoms with Gasteiger partial charge >= 0.3 is 0 Å². The summed E-state index contributed by atoms with van der Waals surface area (Å²) in [5.41, 5.74) is 19.3. The fraction of sp³-hybridized carbons (Fsp3) is 0. The molecule has 0 spiro atoms. The summed E-state index contributed by atoms with van der Waals surface area (Å²) >= 11 is 0. The monoisotopic (exact) mass is 1530 g/mol. The Morgan fingerprint density at radius 1 is 0.125 bits per heavy atom. The van der Waals surface area contributed by atoms with E-state index in [0.29, 0.717) is 17.5 Å². The lowest BCUT2D eigenvalue weighted by Gasteiger charge is -2.13. The molecule has 0 fully saturated rings. The molecule has 0 aliphatic carbocycles. The molecule has 9 nitrogen and oxygen atoms in total. The molecule has 0 unspecified atom stereocenters. The van der Waals surface area contributed by atoms with E-state index in [9.17, 15) is 0 Å². The number of pyridine rings is 4. The van der Waals surface area contributed by atoms with Crippen LogP contribution in [0, 0.1) is 0 Å². The first-order valence-electron chi connectivity index (χ1n) is 40.2. The Morgan fingerprint density at radius 2 is 0.442 bits per heavy atom. The molecule has 23 rings (SSSR count). The summed E-state index contributed by atoms with van der Waals surface area (Å²) in [6.07, 6.45) is 14.4. The fourth-order valence-electron chi connectivity index (χ4n) is 17.0. The van der Waals surface area contributed by atoms with Crippen LogP contribution >= 0.6 is 0 Å². The lowest BCUT2D eigenvalue weighted by molar-refractivity contribution is 1.07. The molecule has 0 saturated carbocycles. The van der Waals surface area contributed by atoms with E-state index in [4.69, 9.17) is 19.9 Å². The smallest absolute Gasteiger partial charge is 0.164 e. The van der Waals surface area contributed by atoms with Gasteiger partial charge in [-0.25, -0.2) is 24.9 Å². The number of fused-ring (bicyclic) bond motifs is 18. The van der Waals surface area contributed by atoms with E-state index in [-0.39, 0.29) is 0 Å². The van der Waals surface area contributed by atoms with E-state index in [1.54, 1.807) is 24.8 Å². The van der Waals surface area contributed by atoms with E-state index < -0.39 is 0 Å². The zero-order chi connectivity index (χ0) is 79.7. The second-order valence-electron chi connectivity index (χ2n) is 30.0. The molecular weight excluding hydrogens is 1460 g/mol. The zero-order valence-electron chi connectivity index (χ0n) is 65.0. The largest absolute Gasteiger partial charge is 0.265 e. The maximum Gasteiger partial charge on any atom is 0.164 e. The van der Waals surface area contributed by atoms with Crippen molar-refractivity contribution in [1.29, 1.82) is 0 Å². The topological polar surface area (TPSA) is 116 Å². The van der Waals surface area contributed by atoms with Crippen molar-refractivity contribution in [2.24, 2.45) is 0 Å². The maximum atomic E-state index is 4.89. The van der Waals surface area contributed by atoms with Gasteiger partial charge in [0, 0.05) is 88.5 Å². The Bertz CT molecular complexity index is 7300. The van der Waals surface area contributed by atoms with Crippen LogP contribution < -0.4 is 0 Å². The molecule has 9 heteroatoms. The molecule has 560 valence electrons. The molecule has 6 aromatic heterocycles. The average Bonchev–Trinajstić information content (AvgIpc) is 0.750. The van der Waals surface area contributed by atoms with Gasteiger partial charge in [-0.15, -0.1) is 0 Å². The van der Waals surface area contributed by atoms with Gasteiger partial charge in [0.2, 0.25) is 0 Å². The molecule has 17 aromatic carbocycles. The molecule has 0 aliphatic rings. The van der Waals surface area contributed by atoms with Gasteiger partial charge in [-0.05, 0) is 250 Å². The van der Waals surface area contributed by atoms with Crippen molar-refractivity contribution in [2.75, 3.05) is 0 Å². The van der Waals surface area contributed by atoms with Crippen molar-refractivity contribution >= 4 is 97.0 Å². The second-order valence-corrected chi connectivity index (χ2v) is 30.0. The van der Waals surface area contributed by atoms with Gasteiger partial charge in [-0.1, -0.05) is 279 Å². The van der Waals surface area contributed by atoms with Crippen molar-refractivity contribution in [3.05, 3.63) is 432 Å². The Hall–Kier alpha value is -16.2. The highest BCUT2D eigenvalue weighted by atomic mass is 15.0. The number of rotatable bonds is 11. The molecule has 0 amide bonds. The Labute approximate surface area is 692 Å². The Kier molecular flexibility index (Phi) is 18.8. The first kappa shape index (κ1) is 71.5. The summed E-state index contributed by atoms with van der Waals surface area (Å²) in [6, 6.07) is 135. The first-order chi connectivity index (χ1) is 59.5. The van der Waals surface area contributed by atoms with Crippen LogP contribution in [-0.2, 0) is 0 Å². The van der Waals surface area contributed by atoms with E-state index in [1.807, 2.05) is 104 Å². The molecule has 0 atom stereocenters. The highest BCUT2D eigenvalue weighted by molar-refractivity contribution is 6.28. The van der Waals surface area contributed by atoms with E-state index in [1.165, 1.54) is 125 Å². The van der Waals surface area contributed by atoms with Crippen molar-refractivity contribution in [2.45, 2.75) is 0 Å².